The molecule has 0 aromatic heterocycles. The van der Waals surface area contributed by atoms with Crippen molar-refractivity contribution in [2.45, 2.75) is 32.2 Å². The van der Waals surface area contributed by atoms with Crippen LogP contribution in [0.3, 0.4) is 0 Å². The zero-order chi connectivity index (χ0) is 18.1. The van der Waals surface area contributed by atoms with E-state index in [1.54, 1.807) is 0 Å². The smallest absolute Gasteiger partial charge is 0.244 e. The number of hydrazine groups is 1. The Morgan fingerprint density at radius 2 is 1.54 bits per heavy atom. The Bertz CT molecular complexity index is 681. The van der Waals surface area contributed by atoms with Gasteiger partial charge in [0.25, 0.3) is 0 Å². The minimum atomic E-state index is -0.0657. The van der Waals surface area contributed by atoms with Gasteiger partial charge in [-0.2, -0.15) is 0 Å². The third-order valence-electron chi connectivity index (χ3n) is 5.56. The Kier molecular flexibility index (Phi) is 5.16. The number of anilines is 1. The van der Waals surface area contributed by atoms with Crippen molar-refractivity contribution in [2.75, 3.05) is 44.2 Å². The lowest BCUT2D eigenvalue weighted by atomic mass is 10.1. The molecule has 0 N–H and O–H groups in total. The van der Waals surface area contributed by atoms with E-state index in [-0.39, 0.29) is 11.8 Å². The van der Waals surface area contributed by atoms with Gasteiger partial charge in [0.15, 0.2) is 0 Å². The summed E-state index contributed by atoms with van der Waals surface area (Å²) in [5.74, 6) is -0.131. The van der Waals surface area contributed by atoms with Crippen LogP contribution in [0.4, 0.5) is 5.69 Å². The zero-order valence-corrected chi connectivity index (χ0v) is 15.7. The fourth-order valence-electron chi connectivity index (χ4n) is 4.05. The first-order chi connectivity index (χ1) is 12.6. The molecule has 3 fully saturated rings. The molecule has 3 saturated heterocycles. The number of hydrogen-bond donors (Lipinski definition) is 0. The minimum Gasteiger partial charge on any atom is -0.371 e. The van der Waals surface area contributed by atoms with E-state index < -0.39 is 0 Å². The molecule has 1 aromatic rings. The lowest BCUT2D eigenvalue weighted by molar-refractivity contribution is -0.160. The lowest BCUT2D eigenvalue weighted by Gasteiger charge is -2.38. The quantitative estimate of drug-likeness (QED) is 0.753. The highest BCUT2D eigenvalue weighted by Crippen LogP contribution is 2.27. The molecule has 1 aromatic carbocycles. The summed E-state index contributed by atoms with van der Waals surface area (Å²) in [5, 5.41) is 4.07. The fourth-order valence-corrected chi connectivity index (χ4v) is 4.29. The number of carbonyl (C=O) groups excluding carboxylic acids is 2. The van der Waals surface area contributed by atoms with Crippen molar-refractivity contribution in [1.29, 1.82) is 0 Å². The molecule has 3 heterocycles. The monoisotopic (exact) mass is 376 g/mol. The second kappa shape index (κ2) is 7.55. The number of nitrogens with zero attached hydrogens (tertiary/aromatic N) is 4. The highest BCUT2D eigenvalue weighted by Gasteiger charge is 2.35. The molecule has 0 aliphatic carbocycles. The summed E-state index contributed by atoms with van der Waals surface area (Å²) >= 11 is 6.54. The van der Waals surface area contributed by atoms with Crippen LogP contribution in [0, 0.1) is 0 Å². The van der Waals surface area contributed by atoms with E-state index in [9.17, 15) is 9.59 Å². The Hall–Kier alpha value is -1.63. The molecular weight excluding hydrogens is 352 g/mol. The molecule has 3 aliphatic rings. The molecule has 0 atom stereocenters. The van der Waals surface area contributed by atoms with E-state index in [0.29, 0.717) is 25.9 Å². The van der Waals surface area contributed by atoms with E-state index in [1.165, 1.54) is 23.5 Å². The maximum atomic E-state index is 11.9. The third-order valence-corrected chi connectivity index (χ3v) is 5.91. The van der Waals surface area contributed by atoms with Gasteiger partial charge in [0.1, 0.15) is 0 Å². The van der Waals surface area contributed by atoms with Gasteiger partial charge in [-0.15, -0.1) is 0 Å². The molecule has 0 bridgehead atoms. The first-order valence-electron chi connectivity index (χ1n) is 9.48. The van der Waals surface area contributed by atoms with Crippen LogP contribution in [-0.4, -0.2) is 66.0 Å². The lowest BCUT2D eigenvalue weighted by Crippen LogP contribution is -2.55. The van der Waals surface area contributed by atoms with E-state index >= 15 is 0 Å². The molecule has 4 rings (SSSR count). The van der Waals surface area contributed by atoms with Crippen LogP contribution in [0.5, 0.6) is 0 Å². The van der Waals surface area contributed by atoms with E-state index in [2.05, 4.69) is 28.0 Å². The minimum absolute atomic E-state index is 0.0657. The van der Waals surface area contributed by atoms with Gasteiger partial charge in [-0.3, -0.25) is 14.5 Å². The van der Waals surface area contributed by atoms with Crippen LogP contribution in [0.1, 0.15) is 31.2 Å². The van der Waals surface area contributed by atoms with Crippen LogP contribution in [0.2, 0.25) is 5.02 Å². The first-order valence-corrected chi connectivity index (χ1v) is 9.86. The summed E-state index contributed by atoms with van der Waals surface area (Å²) in [6.07, 6.45) is 3.20. The standard InChI is InChI=1S/C19H25ClN4O2/c20-17-13-16(22-7-1-2-8-22)4-3-15(17)14-21-9-11-23(12-10-21)24-18(25)5-6-19(24)26/h3-4,13H,1-2,5-12,14H2. The van der Waals surface area contributed by atoms with E-state index in [0.717, 1.165) is 43.3 Å². The van der Waals surface area contributed by atoms with Gasteiger partial charge in [0, 0.05) is 69.4 Å². The largest absolute Gasteiger partial charge is 0.371 e. The molecule has 26 heavy (non-hydrogen) atoms. The molecular formula is C19H25ClN4O2. The van der Waals surface area contributed by atoms with Gasteiger partial charge < -0.3 is 4.90 Å². The third kappa shape index (κ3) is 3.59. The zero-order valence-electron chi connectivity index (χ0n) is 15.0. The van der Waals surface area contributed by atoms with Gasteiger partial charge in [-0.1, -0.05) is 17.7 Å². The van der Waals surface area contributed by atoms with Crippen molar-refractivity contribution in [2.24, 2.45) is 0 Å². The fraction of sp³-hybridized carbons (Fsp3) is 0.579. The predicted octanol–water partition coefficient (Wildman–Crippen LogP) is 2.12. The predicted molar refractivity (Wildman–Crippen MR) is 101 cm³/mol. The van der Waals surface area contributed by atoms with Crippen molar-refractivity contribution < 1.29 is 9.59 Å². The van der Waals surface area contributed by atoms with Crippen LogP contribution in [0.25, 0.3) is 0 Å². The number of rotatable bonds is 4. The molecule has 3 aliphatic heterocycles. The van der Waals surface area contributed by atoms with Gasteiger partial charge in [-0.05, 0) is 30.5 Å². The summed E-state index contributed by atoms with van der Waals surface area (Å²) in [4.78, 5) is 28.5. The maximum Gasteiger partial charge on any atom is 0.244 e. The van der Waals surface area contributed by atoms with Crippen LogP contribution in [-0.2, 0) is 16.1 Å². The molecule has 2 amide bonds. The number of benzene rings is 1. The number of amides is 2. The Morgan fingerprint density at radius 1 is 0.885 bits per heavy atom. The van der Waals surface area contributed by atoms with Crippen molar-refractivity contribution in [3.63, 3.8) is 0 Å². The SMILES string of the molecule is O=C1CCC(=O)N1N1CCN(Cc2ccc(N3CCCC3)cc2Cl)CC1. The Morgan fingerprint density at radius 3 is 2.15 bits per heavy atom. The van der Waals surface area contributed by atoms with E-state index in [4.69, 9.17) is 11.6 Å². The summed E-state index contributed by atoms with van der Waals surface area (Å²) < 4.78 is 0. The molecule has 7 heteroatoms. The van der Waals surface area contributed by atoms with Crippen molar-refractivity contribution in [3.8, 4) is 0 Å². The average Bonchev–Trinajstić information content (AvgIpc) is 3.28. The summed E-state index contributed by atoms with van der Waals surface area (Å²) in [7, 11) is 0. The Labute approximate surface area is 159 Å². The molecule has 6 nitrogen and oxygen atoms in total. The van der Waals surface area contributed by atoms with Crippen molar-refractivity contribution in [1.82, 2.24) is 14.9 Å². The molecule has 0 radical (unpaired) electrons. The van der Waals surface area contributed by atoms with Gasteiger partial charge in [0.05, 0.1) is 0 Å². The number of hydrogen-bond acceptors (Lipinski definition) is 5. The van der Waals surface area contributed by atoms with Gasteiger partial charge >= 0.3 is 0 Å². The summed E-state index contributed by atoms with van der Waals surface area (Å²) in [6, 6.07) is 6.39. The van der Waals surface area contributed by atoms with Crippen LogP contribution >= 0.6 is 11.6 Å². The number of imide groups is 1. The number of piperazine rings is 1. The number of halogens is 1. The Balaban J connectivity index is 1.34. The second-order valence-corrected chi connectivity index (χ2v) is 7.71. The highest BCUT2D eigenvalue weighted by molar-refractivity contribution is 6.31. The van der Waals surface area contributed by atoms with Crippen molar-refractivity contribution >= 4 is 29.1 Å². The highest BCUT2D eigenvalue weighted by atomic mass is 35.5. The van der Waals surface area contributed by atoms with Gasteiger partial charge in [0.2, 0.25) is 11.8 Å². The molecule has 0 unspecified atom stereocenters. The molecule has 0 spiro atoms. The normalized spacial score (nSPS) is 22.7. The first kappa shape index (κ1) is 17.8. The molecule has 140 valence electrons. The summed E-state index contributed by atoms with van der Waals surface area (Å²) in [5.41, 5.74) is 2.35. The maximum absolute atomic E-state index is 11.9. The topological polar surface area (TPSA) is 47.1 Å². The second-order valence-electron chi connectivity index (χ2n) is 7.30. The van der Waals surface area contributed by atoms with Crippen LogP contribution < -0.4 is 4.90 Å². The summed E-state index contributed by atoms with van der Waals surface area (Å²) in [6.45, 7) is 6.07. The average molecular weight is 377 g/mol. The van der Waals surface area contributed by atoms with Gasteiger partial charge in [-0.25, -0.2) is 10.0 Å². The molecule has 0 saturated carbocycles. The van der Waals surface area contributed by atoms with Crippen LogP contribution in [0.15, 0.2) is 18.2 Å². The van der Waals surface area contributed by atoms with E-state index in [1.807, 2.05) is 5.01 Å². The van der Waals surface area contributed by atoms with Crippen molar-refractivity contribution in [3.05, 3.63) is 28.8 Å². The number of carbonyl (C=O) groups is 2.